The zero-order chi connectivity index (χ0) is 19.8. The van der Waals surface area contributed by atoms with Crippen LogP contribution in [0.2, 0.25) is 0 Å². The van der Waals surface area contributed by atoms with E-state index in [0.717, 1.165) is 5.56 Å². The Kier molecular flexibility index (Phi) is 5.12. The number of imidazole rings is 1. The molecule has 3 rings (SSSR count). The first-order chi connectivity index (χ1) is 12.7. The summed E-state index contributed by atoms with van der Waals surface area (Å²) in [6.07, 6.45) is 0. The Bertz CT molecular complexity index is 1150. The van der Waals surface area contributed by atoms with Gasteiger partial charge in [-0.25, -0.2) is 13.2 Å². The van der Waals surface area contributed by atoms with Crippen molar-refractivity contribution in [1.82, 2.24) is 13.4 Å². The molecule has 0 aliphatic rings. The fourth-order valence-corrected chi connectivity index (χ4v) is 4.12. The smallest absolute Gasteiger partial charge is 0.328 e. The Morgan fingerprint density at radius 1 is 1.04 bits per heavy atom. The fourth-order valence-electron chi connectivity index (χ4n) is 2.94. The summed E-state index contributed by atoms with van der Waals surface area (Å²) in [5.41, 5.74) is 2.15. The summed E-state index contributed by atoms with van der Waals surface area (Å²) < 4.78 is 35.5. The van der Waals surface area contributed by atoms with Crippen LogP contribution in [0.1, 0.15) is 5.56 Å². The number of sulfonamides is 1. The van der Waals surface area contributed by atoms with Gasteiger partial charge in [0.25, 0.3) is 0 Å². The van der Waals surface area contributed by atoms with Crippen LogP contribution in [0.15, 0.2) is 52.2 Å². The summed E-state index contributed by atoms with van der Waals surface area (Å²) in [7, 11) is 1.12. The van der Waals surface area contributed by atoms with Crippen LogP contribution in [0.25, 0.3) is 11.0 Å². The third kappa shape index (κ3) is 3.63. The second kappa shape index (κ2) is 7.21. The van der Waals surface area contributed by atoms with Gasteiger partial charge in [0.05, 0.1) is 15.9 Å². The minimum Gasteiger partial charge on any atom is -0.492 e. The van der Waals surface area contributed by atoms with E-state index >= 15 is 0 Å². The van der Waals surface area contributed by atoms with E-state index in [4.69, 9.17) is 4.74 Å². The fraction of sp³-hybridized carbons (Fsp3) is 0.316. The molecular weight excluding hydrogens is 366 g/mol. The number of hydrogen-bond acceptors (Lipinski definition) is 4. The Balaban J connectivity index is 1.78. The first-order valence-corrected chi connectivity index (χ1v) is 9.97. The van der Waals surface area contributed by atoms with E-state index in [1.165, 1.54) is 32.6 Å². The van der Waals surface area contributed by atoms with Crippen molar-refractivity contribution in [1.29, 1.82) is 0 Å². The molecule has 0 saturated carbocycles. The van der Waals surface area contributed by atoms with Gasteiger partial charge in [-0.3, -0.25) is 9.13 Å². The monoisotopic (exact) mass is 389 g/mol. The Labute approximate surface area is 158 Å². The molecule has 0 bridgehead atoms. The van der Waals surface area contributed by atoms with Crippen LogP contribution in [0.4, 0.5) is 0 Å². The van der Waals surface area contributed by atoms with Crippen molar-refractivity contribution in [2.75, 3.05) is 20.2 Å². The average Bonchev–Trinajstić information content (AvgIpc) is 2.85. The highest BCUT2D eigenvalue weighted by atomic mass is 32.2. The molecule has 1 heterocycles. The summed E-state index contributed by atoms with van der Waals surface area (Å²) >= 11 is 0. The maximum Gasteiger partial charge on any atom is 0.328 e. The molecule has 3 aromatic rings. The van der Waals surface area contributed by atoms with Crippen LogP contribution in [0, 0.1) is 6.92 Å². The molecule has 0 N–H and O–H groups in total. The second-order valence-electron chi connectivity index (χ2n) is 6.54. The largest absolute Gasteiger partial charge is 0.492 e. The highest BCUT2D eigenvalue weighted by Crippen LogP contribution is 2.20. The number of benzene rings is 2. The molecule has 0 amide bonds. The summed E-state index contributed by atoms with van der Waals surface area (Å²) in [6.45, 7) is 2.42. The first-order valence-electron chi connectivity index (χ1n) is 8.53. The molecule has 144 valence electrons. The average molecular weight is 389 g/mol. The second-order valence-corrected chi connectivity index (χ2v) is 8.59. The summed E-state index contributed by atoms with van der Waals surface area (Å²) in [5, 5.41) is 0. The van der Waals surface area contributed by atoms with E-state index < -0.39 is 10.0 Å². The van der Waals surface area contributed by atoms with Crippen molar-refractivity contribution in [2.45, 2.75) is 11.8 Å². The number of hydrogen-bond donors (Lipinski definition) is 0. The molecule has 0 atom stereocenters. The van der Waals surface area contributed by atoms with Crippen molar-refractivity contribution in [3.05, 3.63) is 58.5 Å². The van der Waals surface area contributed by atoms with Crippen LogP contribution < -0.4 is 10.4 Å². The summed E-state index contributed by atoms with van der Waals surface area (Å²) in [5.74, 6) is 0.710. The maximum absolute atomic E-state index is 12.9. The van der Waals surface area contributed by atoms with Crippen LogP contribution in [0.3, 0.4) is 0 Å². The quantitative estimate of drug-likeness (QED) is 0.645. The lowest BCUT2D eigenvalue weighted by atomic mass is 10.2. The SMILES string of the molecule is Cc1cccc(OCCN(C)S(=O)(=O)c2ccc3c(c2)n(C)c(=O)n3C)c1. The zero-order valence-electron chi connectivity index (χ0n) is 15.8. The number of rotatable bonds is 6. The number of ether oxygens (including phenoxy) is 1. The zero-order valence-corrected chi connectivity index (χ0v) is 16.7. The molecule has 0 fully saturated rings. The Morgan fingerprint density at radius 3 is 2.44 bits per heavy atom. The molecule has 8 heteroatoms. The van der Waals surface area contributed by atoms with Gasteiger partial charge in [0, 0.05) is 27.7 Å². The van der Waals surface area contributed by atoms with Gasteiger partial charge in [-0.1, -0.05) is 12.1 Å². The van der Waals surface area contributed by atoms with Crippen molar-refractivity contribution in [3.8, 4) is 5.75 Å². The predicted molar refractivity (Wildman–Crippen MR) is 105 cm³/mol. The lowest BCUT2D eigenvalue weighted by molar-refractivity contribution is 0.287. The minimum atomic E-state index is -3.68. The lowest BCUT2D eigenvalue weighted by Gasteiger charge is -2.18. The van der Waals surface area contributed by atoms with Gasteiger partial charge in [0.2, 0.25) is 10.0 Å². The molecule has 1 aromatic heterocycles. The van der Waals surface area contributed by atoms with Gasteiger partial charge >= 0.3 is 5.69 Å². The van der Waals surface area contributed by atoms with Crippen LogP contribution in [-0.2, 0) is 24.1 Å². The number of likely N-dealkylation sites (N-methyl/N-ethyl adjacent to an activating group) is 1. The number of aryl methyl sites for hydroxylation is 3. The third-order valence-corrected chi connectivity index (χ3v) is 6.47. The molecule has 0 aliphatic heterocycles. The molecule has 7 nitrogen and oxygen atoms in total. The molecule has 27 heavy (non-hydrogen) atoms. The number of nitrogens with zero attached hydrogens (tertiary/aromatic N) is 3. The van der Waals surface area contributed by atoms with Crippen molar-refractivity contribution in [3.63, 3.8) is 0 Å². The number of aromatic nitrogens is 2. The van der Waals surface area contributed by atoms with E-state index in [1.54, 1.807) is 20.2 Å². The van der Waals surface area contributed by atoms with Gasteiger partial charge in [-0.15, -0.1) is 0 Å². The third-order valence-electron chi connectivity index (χ3n) is 4.62. The number of fused-ring (bicyclic) bond motifs is 1. The van der Waals surface area contributed by atoms with Gasteiger partial charge < -0.3 is 4.74 Å². The van der Waals surface area contributed by atoms with E-state index in [9.17, 15) is 13.2 Å². The van der Waals surface area contributed by atoms with Crippen molar-refractivity contribution in [2.24, 2.45) is 14.1 Å². The van der Waals surface area contributed by atoms with E-state index in [-0.39, 0.29) is 23.7 Å². The van der Waals surface area contributed by atoms with E-state index in [1.807, 2.05) is 31.2 Å². The summed E-state index contributed by atoms with van der Waals surface area (Å²) in [4.78, 5) is 12.2. The van der Waals surface area contributed by atoms with Gasteiger partial charge in [-0.05, 0) is 42.8 Å². The topological polar surface area (TPSA) is 73.5 Å². The molecule has 0 unspecified atom stereocenters. The van der Waals surface area contributed by atoms with E-state index in [2.05, 4.69) is 0 Å². The highest BCUT2D eigenvalue weighted by Gasteiger charge is 2.22. The standard InChI is InChI=1S/C19H23N3O4S/c1-14-6-5-7-15(12-14)26-11-10-20(2)27(24,25)16-8-9-17-18(13-16)22(4)19(23)21(17)3/h5-9,12-13H,10-11H2,1-4H3. The van der Waals surface area contributed by atoms with Gasteiger partial charge in [0.15, 0.2) is 0 Å². The van der Waals surface area contributed by atoms with Crippen LogP contribution in [0.5, 0.6) is 5.75 Å². The minimum absolute atomic E-state index is 0.147. The van der Waals surface area contributed by atoms with Gasteiger partial charge in [-0.2, -0.15) is 4.31 Å². The van der Waals surface area contributed by atoms with E-state index in [0.29, 0.717) is 16.8 Å². The molecule has 2 aromatic carbocycles. The lowest BCUT2D eigenvalue weighted by Crippen LogP contribution is -2.31. The Hall–Kier alpha value is -2.58. The molecule has 0 spiro atoms. The predicted octanol–water partition coefficient (Wildman–Crippen LogP) is 1.88. The molecule has 0 aliphatic carbocycles. The maximum atomic E-state index is 12.9. The molecule has 0 saturated heterocycles. The highest BCUT2D eigenvalue weighted by molar-refractivity contribution is 7.89. The van der Waals surface area contributed by atoms with Crippen LogP contribution in [-0.4, -0.2) is 42.1 Å². The summed E-state index contributed by atoms with van der Waals surface area (Å²) in [6, 6.07) is 12.3. The van der Waals surface area contributed by atoms with Gasteiger partial charge in [0.1, 0.15) is 12.4 Å². The molecule has 0 radical (unpaired) electrons. The molecular formula is C19H23N3O4S. The Morgan fingerprint density at radius 2 is 1.74 bits per heavy atom. The van der Waals surface area contributed by atoms with Crippen molar-refractivity contribution >= 4 is 21.1 Å². The van der Waals surface area contributed by atoms with Crippen molar-refractivity contribution < 1.29 is 13.2 Å². The first kappa shape index (κ1) is 19.2. The van der Waals surface area contributed by atoms with Crippen LogP contribution >= 0.6 is 0 Å². The normalized spacial score (nSPS) is 12.0.